The van der Waals surface area contributed by atoms with Crippen molar-refractivity contribution in [2.45, 2.75) is 6.54 Å². The predicted octanol–water partition coefficient (Wildman–Crippen LogP) is 1.35. The topological polar surface area (TPSA) is 98.8 Å². The van der Waals surface area contributed by atoms with E-state index in [1.165, 1.54) is 12.3 Å². The van der Waals surface area contributed by atoms with Crippen LogP contribution < -0.4 is 5.32 Å². The maximum atomic E-state index is 10.8. The molecule has 9 heteroatoms. The van der Waals surface area contributed by atoms with Gasteiger partial charge in [-0.15, -0.1) is 5.10 Å². The molecule has 0 aliphatic heterocycles. The number of halogens is 1. The molecular weight excluding hydrogens is 260 g/mol. The van der Waals surface area contributed by atoms with Gasteiger partial charge in [0.15, 0.2) is 0 Å². The van der Waals surface area contributed by atoms with Crippen LogP contribution >= 0.6 is 11.6 Å². The average molecular weight is 269 g/mol. The third-order valence-electron chi connectivity index (χ3n) is 2.14. The molecule has 1 N–H and O–H groups in total. The molecule has 94 valence electrons. The Morgan fingerprint density at radius 3 is 3.06 bits per heavy atom. The van der Waals surface area contributed by atoms with Crippen molar-refractivity contribution in [3.05, 3.63) is 39.8 Å². The average Bonchev–Trinajstić information content (AvgIpc) is 2.84. The first-order valence-corrected chi connectivity index (χ1v) is 5.42. The molecule has 0 amide bonds. The first-order chi connectivity index (χ1) is 8.66. The lowest BCUT2D eigenvalue weighted by molar-refractivity contribution is -0.384. The van der Waals surface area contributed by atoms with Crippen LogP contribution in [0.5, 0.6) is 0 Å². The molecule has 0 saturated heterocycles. The summed E-state index contributed by atoms with van der Waals surface area (Å²) in [7, 11) is 0. The van der Waals surface area contributed by atoms with E-state index in [-0.39, 0.29) is 16.5 Å². The largest absolute Gasteiger partial charge is 0.362 e. The number of aromatic nitrogens is 4. The van der Waals surface area contributed by atoms with Crippen LogP contribution in [0.1, 0.15) is 0 Å². The van der Waals surface area contributed by atoms with Gasteiger partial charge in [-0.1, -0.05) is 16.8 Å². The monoisotopic (exact) mass is 268 g/mol. The number of anilines is 1. The number of nitro groups is 1. The third kappa shape index (κ3) is 2.92. The molecule has 0 fully saturated rings. The summed E-state index contributed by atoms with van der Waals surface area (Å²) in [6.45, 7) is 0.973. The van der Waals surface area contributed by atoms with Gasteiger partial charge in [-0.25, -0.2) is 4.98 Å². The summed E-state index contributed by atoms with van der Waals surface area (Å²) in [5.74, 6) is 0.185. The van der Waals surface area contributed by atoms with Crippen molar-refractivity contribution in [1.82, 2.24) is 20.0 Å². The zero-order valence-electron chi connectivity index (χ0n) is 9.15. The fourth-order valence-electron chi connectivity index (χ4n) is 1.34. The Hall–Kier alpha value is -2.22. The minimum Gasteiger partial charge on any atom is -0.362 e. The fourth-order valence-corrected chi connectivity index (χ4v) is 1.50. The summed E-state index contributed by atoms with van der Waals surface area (Å²) >= 11 is 5.66. The van der Waals surface area contributed by atoms with Crippen molar-refractivity contribution in [2.75, 3.05) is 11.9 Å². The van der Waals surface area contributed by atoms with E-state index in [0.29, 0.717) is 13.1 Å². The van der Waals surface area contributed by atoms with Crippen LogP contribution in [0.2, 0.25) is 5.02 Å². The van der Waals surface area contributed by atoms with Gasteiger partial charge in [-0.05, 0) is 0 Å². The zero-order chi connectivity index (χ0) is 13.0. The van der Waals surface area contributed by atoms with Crippen LogP contribution in [0, 0.1) is 10.1 Å². The Morgan fingerprint density at radius 2 is 2.39 bits per heavy atom. The second-order valence-corrected chi connectivity index (χ2v) is 3.81. The van der Waals surface area contributed by atoms with Crippen LogP contribution in [0.4, 0.5) is 11.5 Å². The molecule has 0 unspecified atom stereocenters. The summed E-state index contributed by atoms with van der Waals surface area (Å²) in [4.78, 5) is 14.2. The minimum absolute atomic E-state index is 0.152. The lowest BCUT2D eigenvalue weighted by Crippen LogP contribution is -2.13. The number of hydrogen-bond acceptors (Lipinski definition) is 6. The molecule has 0 aliphatic carbocycles. The maximum absolute atomic E-state index is 10.8. The van der Waals surface area contributed by atoms with E-state index >= 15 is 0 Å². The van der Waals surface area contributed by atoms with Crippen molar-refractivity contribution >= 4 is 23.1 Å². The molecule has 8 nitrogen and oxygen atoms in total. The second kappa shape index (κ2) is 5.41. The Labute approximate surface area is 107 Å². The predicted molar refractivity (Wildman–Crippen MR) is 64.4 cm³/mol. The van der Waals surface area contributed by atoms with Crippen LogP contribution in [0.15, 0.2) is 24.7 Å². The SMILES string of the molecule is O=[N+]([O-])c1cc(Cl)cnc1NCCn1ccnn1. The summed E-state index contributed by atoms with van der Waals surface area (Å²) in [5, 5.41) is 21.3. The van der Waals surface area contributed by atoms with Crippen LogP contribution in [0.25, 0.3) is 0 Å². The van der Waals surface area contributed by atoms with Gasteiger partial charge in [-0.3, -0.25) is 14.8 Å². The van der Waals surface area contributed by atoms with Crippen molar-refractivity contribution in [3.63, 3.8) is 0 Å². The molecule has 0 aromatic carbocycles. The van der Waals surface area contributed by atoms with E-state index in [2.05, 4.69) is 20.6 Å². The number of rotatable bonds is 5. The fraction of sp³-hybridized carbons (Fsp3) is 0.222. The van der Waals surface area contributed by atoms with E-state index < -0.39 is 4.92 Å². The zero-order valence-corrected chi connectivity index (χ0v) is 9.91. The molecule has 2 aromatic heterocycles. The normalized spacial score (nSPS) is 10.3. The maximum Gasteiger partial charge on any atom is 0.312 e. The van der Waals surface area contributed by atoms with E-state index in [0.717, 1.165) is 0 Å². The molecule has 2 aromatic rings. The number of pyridine rings is 1. The van der Waals surface area contributed by atoms with Gasteiger partial charge >= 0.3 is 5.69 Å². The highest BCUT2D eigenvalue weighted by atomic mass is 35.5. The van der Waals surface area contributed by atoms with Crippen molar-refractivity contribution in [2.24, 2.45) is 0 Å². The Balaban J connectivity index is 2.02. The van der Waals surface area contributed by atoms with Gasteiger partial charge < -0.3 is 5.32 Å². The smallest absolute Gasteiger partial charge is 0.312 e. The lowest BCUT2D eigenvalue weighted by atomic mass is 10.4. The van der Waals surface area contributed by atoms with E-state index in [4.69, 9.17) is 11.6 Å². The molecule has 0 radical (unpaired) electrons. The van der Waals surface area contributed by atoms with Gasteiger partial charge in [0, 0.05) is 25.0 Å². The summed E-state index contributed by atoms with van der Waals surface area (Å²) in [5.41, 5.74) is -0.152. The minimum atomic E-state index is -0.531. The van der Waals surface area contributed by atoms with E-state index in [1.54, 1.807) is 17.1 Å². The molecule has 0 spiro atoms. The van der Waals surface area contributed by atoms with Gasteiger partial charge in [0.2, 0.25) is 5.82 Å². The number of hydrogen-bond donors (Lipinski definition) is 1. The number of nitrogens with zero attached hydrogens (tertiary/aromatic N) is 5. The van der Waals surface area contributed by atoms with E-state index in [1.807, 2.05) is 0 Å². The summed E-state index contributed by atoms with van der Waals surface area (Å²) in [6.07, 6.45) is 4.61. The van der Waals surface area contributed by atoms with Crippen molar-refractivity contribution in [3.8, 4) is 0 Å². The molecule has 0 saturated carbocycles. The molecule has 0 bridgehead atoms. The van der Waals surface area contributed by atoms with Crippen LogP contribution in [-0.4, -0.2) is 31.4 Å². The Morgan fingerprint density at radius 1 is 1.56 bits per heavy atom. The highest BCUT2D eigenvalue weighted by Gasteiger charge is 2.15. The Bertz CT molecular complexity index is 544. The Kier molecular flexibility index (Phi) is 3.68. The highest BCUT2D eigenvalue weighted by molar-refractivity contribution is 6.30. The molecule has 2 rings (SSSR count). The third-order valence-corrected chi connectivity index (χ3v) is 2.34. The van der Waals surface area contributed by atoms with Crippen LogP contribution in [0.3, 0.4) is 0 Å². The van der Waals surface area contributed by atoms with Gasteiger partial charge in [0.05, 0.1) is 22.7 Å². The molecule has 2 heterocycles. The van der Waals surface area contributed by atoms with Gasteiger partial charge in [0.25, 0.3) is 0 Å². The van der Waals surface area contributed by atoms with E-state index in [9.17, 15) is 10.1 Å². The standard InChI is InChI=1S/C9H9ClN6O2/c10-7-5-8(16(17)18)9(12-6-7)11-1-3-15-4-2-13-14-15/h2,4-6H,1,3H2,(H,11,12). The summed E-state index contributed by atoms with van der Waals surface area (Å²) in [6, 6.07) is 1.26. The lowest BCUT2D eigenvalue weighted by Gasteiger charge is -2.05. The molecular formula is C9H9ClN6O2. The number of nitrogens with one attached hydrogen (secondary N) is 1. The van der Waals surface area contributed by atoms with Crippen LogP contribution in [-0.2, 0) is 6.54 Å². The summed E-state index contributed by atoms with van der Waals surface area (Å²) < 4.78 is 1.61. The second-order valence-electron chi connectivity index (χ2n) is 3.37. The van der Waals surface area contributed by atoms with Gasteiger partial charge in [-0.2, -0.15) is 0 Å². The first kappa shape index (κ1) is 12.2. The van der Waals surface area contributed by atoms with Crippen molar-refractivity contribution in [1.29, 1.82) is 0 Å². The molecule has 0 aliphatic rings. The van der Waals surface area contributed by atoms with Gasteiger partial charge in [0.1, 0.15) is 0 Å². The molecule has 18 heavy (non-hydrogen) atoms. The highest BCUT2D eigenvalue weighted by Crippen LogP contribution is 2.24. The quantitative estimate of drug-likeness (QED) is 0.649. The van der Waals surface area contributed by atoms with Crippen molar-refractivity contribution < 1.29 is 4.92 Å². The first-order valence-electron chi connectivity index (χ1n) is 5.05. The molecule has 0 atom stereocenters.